The summed E-state index contributed by atoms with van der Waals surface area (Å²) in [6, 6.07) is 25.8. The first-order chi connectivity index (χ1) is 13.7. The molecule has 0 spiro atoms. The third-order valence-electron chi connectivity index (χ3n) is 4.50. The summed E-state index contributed by atoms with van der Waals surface area (Å²) < 4.78 is 2.93. The first-order valence-electron chi connectivity index (χ1n) is 8.92. The molecule has 0 saturated heterocycles. The highest BCUT2D eigenvalue weighted by molar-refractivity contribution is 9.10. The normalized spacial score (nSPS) is 11.2. The van der Waals surface area contributed by atoms with Crippen molar-refractivity contribution < 1.29 is 4.79 Å². The van der Waals surface area contributed by atoms with E-state index in [9.17, 15) is 4.79 Å². The highest BCUT2D eigenvalue weighted by Gasteiger charge is 2.09. The molecule has 0 radical (unpaired) electrons. The Hall–Kier alpha value is -3.18. The topological polar surface area (TPSA) is 46.4 Å². The summed E-state index contributed by atoms with van der Waals surface area (Å²) in [6.45, 7) is 0.776. The van der Waals surface area contributed by atoms with Crippen molar-refractivity contribution >= 4 is 39.0 Å². The lowest BCUT2D eigenvalue weighted by molar-refractivity contribution is 0.0954. The summed E-state index contributed by atoms with van der Waals surface area (Å²) in [4.78, 5) is 12.3. The van der Waals surface area contributed by atoms with E-state index < -0.39 is 0 Å². The monoisotopic (exact) mass is 431 g/mol. The number of hydrazone groups is 1. The van der Waals surface area contributed by atoms with E-state index in [0.717, 1.165) is 27.5 Å². The third kappa shape index (κ3) is 3.89. The average Bonchev–Trinajstić information content (AvgIpc) is 3.07. The number of halogens is 1. The van der Waals surface area contributed by atoms with E-state index in [1.165, 1.54) is 5.56 Å². The van der Waals surface area contributed by atoms with Crippen LogP contribution in [-0.4, -0.2) is 16.7 Å². The van der Waals surface area contributed by atoms with Crippen LogP contribution in [0.1, 0.15) is 21.5 Å². The number of rotatable bonds is 5. The van der Waals surface area contributed by atoms with Crippen molar-refractivity contribution in [2.24, 2.45) is 5.10 Å². The second-order valence-corrected chi connectivity index (χ2v) is 7.25. The van der Waals surface area contributed by atoms with Gasteiger partial charge in [0.2, 0.25) is 0 Å². The van der Waals surface area contributed by atoms with Crippen LogP contribution < -0.4 is 5.43 Å². The molecule has 5 heteroatoms. The second kappa shape index (κ2) is 8.23. The number of para-hydroxylation sites is 1. The number of hydrogen-bond acceptors (Lipinski definition) is 2. The van der Waals surface area contributed by atoms with Crippen molar-refractivity contribution in [3.63, 3.8) is 0 Å². The fourth-order valence-electron chi connectivity index (χ4n) is 3.16. The van der Waals surface area contributed by atoms with Crippen molar-refractivity contribution in [1.82, 2.24) is 9.99 Å². The summed E-state index contributed by atoms with van der Waals surface area (Å²) >= 11 is 3.39. The quantitative estimate of drug-likeness (QED) is 0.341. The van der Waals surface area contributed by atoms with Crippen LogP contribution in [0.15, 0.2) is 94.6 Å². The maximum atomic E-state index is 12.3. The van der Waals surface area contributed by atoms with Crippen molar-refractivity contribution in [1.29, 1.82) is 0 Å². The SMILES string of the molecule is O=C(NN=Cc1cn(Cc2ccccc2)c2ccccc12)c1ccccc1Br. The first kappa shape index (κ1) is 18.2. The number of benzene rings is 3. The van der Waals surface area contributed by atoms with E-state index in [2.05, 4.69) is 61.5 Å². The molecule has 4 rings (SSSR count). The number of hydrogen-bond donors (Lipinski definition) is 1. The third-order valence-corrected chi connectivity index (χ3v) is 5.19. The summed E-state index contributed by atoms with van der Waals surface area (Å²) in [5, 5.41) is 5.27. The summed E-state index contributed by atoms with van der Waals surface area (Å²) in [5.41, 5.74) is 6.47. The molecule has 0 unspecified atom stereocenters. The smallest absolute Gasteiger partial charge is 0.272 e. The van der Waals surface area contributed by atoms with Crippen LogP contribution in [0.4, 0.5) is 0 Å². The zero-order valence-corrected chi connectivity index (χ0v) is 16.6. The van der Waals surface area contributed by atoms with Gasteiger partial charge >= 0.3 is 0 Å². The molecule has 0 atom stereocenters. The molecule has 0 fully saturated rings. The molecule has 0 bridgehead atoms. The molecule has 4 aromatic rings. The van der Waals surface area contributed by atoms with Gasteiger partial charge in [-0.1, -0.05) is 60.7 Å². The van der Waals surface area contributed by atoms with Gasteiger partial charge in [-0.25, -0.2) is 5.43 Å². The standard InChI is InChI=1S/C23H18BrN3O/c24-21-12-6-4-11-20(21)23(28)26-25-14-18-16-27(15-17-8-2-1-3-9-17)22-13-7-5-10-19(18)22/h1-14,16H,15H2,(H,26,28). The maximum absolute atomic E-state index is 12.3. The molecule has 3 aromatic carbocycles. The molecular weight excluding hydrogens is 414 g/mol. The molecular formula is C23H18BrN3O. The van der Waals surface area contributed by atoms with Crippen LogP contribution in [0.25, 0.3) is 10.9 Å². The Kier molecular flexibility index (Phi) is 5.35. The Labute approximate surface area is 171 Å². The van der Waals surface area contributed by atoms with Crippen LogP contribution in [-0.2, 0) is 6.54 Å². The molecule has 4 nitrogen and oxygen atoms in total. The molecule has 138 valence electrons. The number of fused-ring (bicyclic) bond motifs is 1. The molecule has 0 aliphatic carbocycles. The Morgan fingerprint density at radius 1 is 0.964 bits per heavy atom. The number of carbonyl (C=O) groups excluding carboxylic acids is 1. The van der Waals surface area contributed by atoms with Crippen LogP contribution in [0, 0.1) is 0 Å². The lowest BCUT2D eigenvalue weighted by Gasteiger charge is -2.05. The zero-order valence-electron chi connectivity index (χ0n) is 15.0. The van der Waals surface area contributed by atoms with Crippen molar-refractivity contribution in [3.8, 4) is 0 Å². The average molecular weight is 432 g/mol. The van der Waals surface area contributed by atoms with Gasteiger partial charge in [-0.3, -0.25) is 4.79 Å². The van der Waals surface area contributed by atoms with Gasteiger partial charge in [-0.05, 0) is 39.7 Å². The van der Waals surface area contributed by atoms with E-state index in [-0.39, 0.29) is 5.91 Å². The van der Waals surface area contributed by atoms with Gasteiger partial charge in [0.05, 0.1) is 11.8 Å². The predicted octanol–water partition coefficient (Wildman–Crippen LogP) is 5.22. The van der Waals surface area contributed by atoms with Gasteiger partial charge in [0.25, 0.3) is 5.91 Å². The number of nitrogens with zero attached hydrogens (tertiary/aromatic N) is 2. The lowest BCUT2D eigenvalue weighted by atomic mass is 10.2. The number of aromatic nitrogens is 1. The highest BCUT2D eigenvalue weighted by atomic mass is 79.9. The number of nitrogens with one attached hydrogen (secondary N) is 1. The largest absolute Gasteiger partial charge is 0.342 e. The van der Waals surface area contributed by atoms with Crippen LogP contribution in [0.3, 0.4) is 0 Å². The highest BCUT2D eigenvalue weighted by Crippen LogP contribution is 2.21. The van der Waals surface area contributed by atoms with Gasteiger partial charge in [-0.15, -0.1) is 0 Å². The maximum Gasteiger partial charge on any atom is 0.272 e. The number of carbonyl (C=O) groups is 1. The van der Waals surface area contributed by atoms with Crippen LogP contribution in [0.2, 0.25) is 0 Å². The fraction of sp³-hybridized carbons (Fsp3) is 0.0435. The van der Waals surface area contributed by atoms with E-state index in [4.69, 9.17) is 0 Å². The van der Waals surface area contributed by atoms with E-state index in [0.29, 0.717) is 5.56 Å². The Morgan fingerprint density at radius 2 is 1.68 bits per heavy atom. The number of amides is 1. The lowest BCUT2D eigenvalue weighted by Crippen LogP contribution is -2.18. The summed E-state index contributed by atoms with van der Waals surface area (Å²) in [7, 11) is 0. The molecule has 1 heterocycles. The Bertz CT molecular complexity index is 1150. The molecule has 0 saturated carbocycles. The van der Waals surface area contributed by atoms with Gasteiger partial charge < -0.3 is 4.57 Å². The molecule has 1 N–H and O–H groups in total. The van der Waals surface area contributed by atoms with Gasteiger partial charge in [0.1, 0.15) is 0 Å². The van der Waals surface area contributed by atoms with Crippen molar-refractivity contribution in [3.05, 3.63) is 106 Å². The molecule has 0 aliphatic heterocycles. The summed E-state index contributed by atoms with van der Waals surface area (Å²) in [6.07, 6.45) is 3.75. The first-order valence-corrected chi connectivity index (χ1v) is 9.71. The molecule has 1 aromatic heterocycles. The minimum Gasteiger partial charge on any atom is -0.342 e. The molecule has 28 heavy (non-hydrogen) atoms. The minimum absolute atomic E-state index is 0.253. The van der Waals surface area contributed by atoms with Crippen LogP contribution in [0.5, 0.6) is 0 Å². The summed E-state index contributed by atoms with van der Waals surface area (Å²) in [5.74, 6) is -0.253. The Balaban J connectivity index is 1.58. The van der Waals surface area contributed by atoms with E-state index in [1.54, 1.807) is 12.3 Å². The van der Waals surface area contributed by atoms with E-state index >= 15 is 0 Å². The van der Waals surface area contributed by atoms with Gasteiger partial charge in [0, 0.05) is 33.7 Å². The minimum atomic E-state index is -0.253. The van der Waals surface area contributed by atoms with Crippen molar-refractivity contribution in [2.75, 3.05) is 0 Å². The van der Waals surface area contributed by atoms with E-state index in [1.807, 2.05) is 48.5 Å². The zero-order chi connectivity index (χ0) is 19.3. The fourth-order valence-corrected chi connectivity index (χ4v) is 3.62. The Morgan fingerprint density at radius 3 is 2.50 bits per heavy atom. The molecule has 0 aliphatic rings. The second-order valence-electron chi connectivity index (χ2n) is 6.39. The van der Waals surface area contributed by atoms with Gasteiger partial charge in [-0.2, -0.15) is 5.10 Å². The molecule has 1 amide bonds. The van der Waals surface area contributed by atoms with Crippen molar-refractivity contribution in [2.45, 2.75) is 6.54 Å². The van der Waals surface area contributed by atoms with Gasteiger partial charge in [0.15, 0.2) is 0 Å². The predicted molar refractivity (Wildman–Crippen MR) is 117 cm³/mol. The van der Waals surface area contributed by atoms with Crippen LogP contribution >= 0.6 is 15.9 Å².